The lowest BCUT2D eigenvalue weighted by atomic mass is 9.98. The molecule has 0 unspecified atom stereocenters. The molecule has 0 aliphatic carbocycles. The van der Waals surface area contributed by atoms with Gasteiger partial charge < -0.3 is 36.0 Å². The van der Waals surface area contributed by atoms with Crippen LogP contribution in [0.2, 0.25) is 0 Å². The number of rotatable bonds is 2. The van der Waals surface area contributed by atoms with Crippen molar-refractivity contribution in [3.05, 3.63) is 30.1 Å². The van der Waals surface area contributed by atoms with Crippen molar-refractivity contribution in [1.82, 2.24) is 4.98 Å². The first-order chi connectivity index (χ1) is 9.88. The number of nitrogens with zero attached hydrogens (tertiary/aromatic N) is 1. The van der Waals surface area contributed by atoms with Crippen molar-refractivity contribution in [2.75, 3.05) is 6.61 Å². The molecule has 118 valence electrons. The molecule has 0 radical (unpaired) electrons. The molecule has 0 aromatic carbocycles. The van der Waals surface area contributed by atoms with Gasteiger partial charge >= 0.3 is 5.97 Å². The van der Waals surface area contributed by atoms with E-state index in [0.717, 1.165) is 0 Å². The fraction of sp³-hybridized carbons (Fsp3) is 0.500. The van der Waals surface area contributed by atoms with E-state index < -0.39 is 43.2 Å². The first-order valence-corrected chi connectivity index (χ1v) is 6.08. The zero-order chi connectivity index (χ0) is 16.0. The van der Waals surface area contributed by atoms with Crippen LogP contribution in [0.1, 0.15) is 10.4 Å². The number of hydrogen-bond acceptors (Lipinski definition) is 8. The number of pyridine rings is 1. The Morgan fingerprint density at radius 2 is 2.00 bits per heavy atom. The number of nitrogens with two attached hydrogens (primary N) is 1. The first kappa shape index (κ1) is 17.4. The van der Waals surface area contributed by atoms with Crippen LogP contribution in [0.3, 0.4) is 0 Å². The Kier molecular flexibility index (Phi) is 6.62. The molecule has 0 bridgehead atoms. The van der Waals surface area contributed by atoms with E-state index in [-0.39, 0.29) is 5.56 Å². The van der Waals surface area contributed by atoms with Gasteiger partial charge in [0.2, 0.25) is 0 Å². The number of aromatic nitrogens is 1. The van der Waals surface area contributed by atoms with E-state index in [9.17, 15) is 15.0 Å². The van der Waals surface area contributed by atoms with E-state index in [1.807, 2.05) is 0 Å². The normalized spacial score (nSPS) is 32.0. The van der Waals surface area contributed by atoms with Crippen LogP contribution in [0, 0.1) is 0 Å². The second kappa shape index (κ2) is 7.98. The Morgan fingerprint density at radius 1 is 1.33 bits per heavy atom. The van der Waals surface area contributed by atoms with Gasteiger partial charge in [-0.3, -0.25) is 4.98 Å². The molecule has 1 saturated heterocycles. The van der Waals surface area contributed by atoms with Crippen molar-refractivity contribution >= 4 is 5.97 Å². The highest BCUT2D eigenvalue weighted by atomic mass is 16.6. The van der Waals surface area contributed by atoms with Crippen LogP contribution in [0.5, 0.6) is 0 Å². The van der Waals surface area contributed by atoms with E-state index in [1.165, 1.54) is 18.5 Å². The fourth-order valence-corrected chi connectivity index (χ4v) is 1.61. The standard InChI is InChI=1S/C6H13NO5.C6H5NO2/c7-3-5(10)4(9)2(1-8)12-6(3)11;8-6(9)5-2-1-3-7-4-5/h2-6,8-11H,1,7H2;1-4H,(H,8,9)/t2-,3-,4-,5-,6-;/m1./s1. The smallest absolute Gasteiger partial charge is 0.337 e. The van der Waals surface area contributed by atoms with Gasteiger partial charge in [-0.1, -0.05) is 0 Å². The molecule has 2 heterocycles. The molecule has 0 saturated carbocycles. The molecule has 1 aromatic heterocycles. The van der Waals surface area contributed by atoms with E-state index in [2.05, 4.69) is 4.98 Å². The quantitative estimate of drug-likeness (QED) is 0.347. The number of aliphatic hydroxyl groups is 4. The Balaban J connectivity index is 0.000000219. The van der Waals surface area contributed by atoms with Gasteiger partial charge in [-0.05, 0) is 12.1 Å². The van der Waals surface area contributed by atoms with Crippen LogP contribution in [-0.4, -0.2) is 73.7 Å². The highest BCUT2D eigenvalue weighted by molar-refractivity contribution is 5.86. The van der Waals surface area contributed by atoms with Crippen LogP contribution in [0.25, 0.3) is 0 Å². The summed E-state index contributed by atoms with van der Waals surface area (Å²) in [6.45, 7) is -0.470. The van der Waals surface area contributed by atoms with Crippen LogP contribution >= 0.6 is 0 Å². The molecule has 0 amide bonds. The van der Waals surface area contributed by atoms with Gasteiger partial charge in [0.25, 0.3) is 0 Å². The summed E-state index contributed by atoms with van der Waals surface area (Å²) in [5, 5.41) is 44.4. The lowest BCUT2D eigenvalue weighted by Gasteiger charge is -2.38. The fourth-order valence-electron chi connectivity index (χ4n) is 1.61. The zero-order valence-corrected chi connectivity index (χ0v) is 11.0. The lowest BCUT2D eigenvalue weighted by molar-refractivity contribution is -0.248. The maximum atomic E-state index is 10.2. The molecule has 5 atom stereocenters. The van der Waals surface area contributed by atoms with Crippen LogP contribution < -0.4 is 5.73 Å². The van der Waals surface area contributed by atoms with E-state index in [4.69, 9.17) is 25.8 Å². The van der Waals surface area contributed by atoms with E-state index >= 15 is 0 Å². The van der Waals surface area contributed by atoms with Gasteiger partial charge in [0.15, 0.2) is 6.29 Å². The summed E-state index contributed by atoms with van der Waals surface area (Å²) in [5.41, 5.74) is 5.48. The highest BCUT2D eigenvalue weighted by Crippen LogP contribution is 2.17. The van der Waals surface area contributed by atoms with Crippen molar-refractivity contribution in [2.45, 2.75) is 30.6 Å². The van der Waals surface area contributed by atoms with Gasteiger partial charge in [0.1, 0.15) is 18.3 Å². The summed E-state index contributed by atoms with van der Waals surface area (Å²) in [4.78, 5) is 13.8. The van der Waals surface area contributed by atoms with Gasteiger partial charge in [0, 0.05) is 12.4 Å². The van der Waals surface area contributed by atoms with Crippen molar-refractivity contribution < 1.29 is 35.1 Å². The number of aliphatic hydroxyl groups excluding tert-OH is 4. The Morgan fingerprint density at radius 3 is 2.43 bits per heavy atom. The molecule has 9 nitrogen and oxygen atoms in total. The number of carboxylic acid groups (broad SMARTS) is 1. The largest absolute Gasteiger partial charge is 0.478 e. The molecular weight excluding hydrogens is 284 g/mol. The summed E-state index contributed by atoms with van der Waals surface area (Å²) in [5.74, 6) is -0.942. The van der Waals surface area contributed by atoms with Gasteiger partial charge in [-0.15, -0.1) is 0 Å². The molecular formula is C12H18N2O7. The topological polar surface area (TPSA) is 166 Å². The predicted octanol–water partition coefficient (Wildman–Crippen LogP) is -2.48. The summed E-state index contributed by atoms with van der Waals surface area (Å²) in [7, 11) is 0. The molecule has 21 heavy (non-hydrogen) atoms. The third kappa shape index (κ3) is 4.70. The minimum absolute atomic E-state index is 0.220. The van der Waals surface area contributed by atoms with Crippen molar-refractivity contribution in [2.24, 2.45) is 5.73 Å². The van der Waals surface area contributed by atoms with Gasteiger partial charge in [-0.2, -0.15) is 0 Å². The highest BCUT2D eigenvalue weighted by Gasteiger charge is 2.41. The molecule has 1 aliphatic heterocycles. The molecule has 7 N–H and O–H groups in total. The predicted molar refractivity (Wildman–Crippen MR) is 69.2 cm³/mol. The number of hydrogen-bond donors (Lipinski definition) is 6. The SMILES string of the molecule is N[C@@H]1[C@@H](O)[C@H](O)[C@@H](CO)O[C@H]1O.O=C(O)c1cccnc1. The first-order valence-electron chi connectivity index (χ1n) is 6.08. The van der Waals surface area contributed by atoms with Crippen molar-refractivity contribution in [1.29, 1.82) is 0 Å². The Bertz CT molecular complexity index is 440. The molecule has 2 rings (SSSR count). The van der Waals surface area contributed by atoms with Gasteiger partial charge in [0.05, 0.1) is 18.2 Å². The maximum absolute atomic E-state index is 10.2. The molecule has 1 fully saturated rings. The summed E-state index contributed by atoms with van der Waals surface area (Å²) >= 11 is 0. The second-order valence-corrected chi connectivity index (χ2v) is 4.35. The third-order valence-electron chi connectivity index (χ3n) is 2.86. The number of carbonyl (C=O) groups is 1. The van der Waals surface area contributed by atoms with Crippen molar-refractivity contribution in [3.63, 3.8) is 0 Å². The minimum Gasteiger partial charge on any atom is -0.478 e. The lowest BCUT2D eigenvalue weighted by Crippen LogP contribution is -2.61. The van der Waals surface area contributed by atoms with Crippen LogP contribution in [0.4, 0.5) is 0 Å². The summed E-state index contributed by atoms with van der Waals surface area (Å²) < 4.78 is 4.70. The van der Waals surface area contributed by atoms with Gasteiger partial charge in [-0.25, -0.2) is 4.79 Å². The molecule has 1 aromatic rings. The second-order valence-electron chi connectivity index (χ2n) is 4.35. The average Bonchev–Trinajstić information content (AvgIpc) is 2.50. The number of ether oxygens (including phenoxy) is 1. The monoisotopic (exact) mass is 302 g/mol. The van der Waals surface area contributed by atoms with Crippen LogP contribution in [-0.2, 0) is 4.74 Å². The Hall–Kier alpha value is -1.62. The molecule has 1 aliphatic rings. The molecule has 9 heteroatoms. The van der Waals surface area contributed by atoms with Crippen molar-refractivity contribution in [3.8, 4) is 0 Å². The zero-order valence-electron chi connectivity index (χ0n) is 11.0. The molecule has 0 spiro atoms. The van der Waals surface area contributed by atoms with E-state index in [1.54, 1.807) is 6.07 Å². The van der Waals surface area contributed by atoms with E-state index in [0.29, 0.717) is 0 Å². The summed E-state index contributed by atoms with van der Waals surface area (Å²) in [6.07, 6.45) is -2.01. The maximum Gasteiger partial charge on any atom is 0.337 e. The number of carboxylic acids is 1. The summed E-state index contributed by atoms with van der Waals surface area (Å²) in [6, 6.07) is 2.04. The average molecular weight is 302 g/mol. The van der Waals surface area contributed by atoms with Crippen LogP contribution in [0.15, 0.2) is 24.5 Å². The Labute approximate surface area is 120 Å². The minimum atomic E-state index is -1.35. The number of aromatic carboxylic acids is 1. The third-order valence-corrected chi connectivity index (χ3v) is 2.86.